The molecule has 0 saturated carbocycles. The summed E-state index contributed by atoms with van der Waals surface area (Å²) in [6.45, 7) is 3.60. The molecule has 1 aromatic rings. The first-order valence-electron chi connectivity index (χ1n) is 4.66. The van der Waals surface area contributed by atoms with E-state index in [0.717, 1.165) is 16.5 Å². The number of hydrogen-bond donors (Lipinski definition) is 1. The third-order valence-electron chi connectivity index (χ3n) is 2.06. The van der Waals surface area contributed by atoms with Gasteiger partial charge in [0.05, 0.1) is 6.04 Å². The van der Waals surface area contributed by atoms with Gasteiger partial charge in [-0.2, -0.15) is 0 Å². The highest BCUT2D eigenvalue weighted by molar-refractivity contribution is 9.10. The van der Waals surface area contributed by atoms with Gasteiger partial charge in [-0.15, -0.1) is 0 Å². The fraction of sp³-hybridized carbons (Fsp3) is 0.364. The average molecular weight is 256 g/mol. The number of nitrogens with one attached hydrogen (secondary N) is 1. The summed E-state index contributed by atoms with van der Waals surface area (Å²) in [5.41, 5.74) is 1.14. The summed E-state index contributed by atoms with van der Waals surface area (Å²) in [5.74, 6) is 0.0137. The molecule has 1 atom stereocenters. The van der Waals surface area contributed by atoms with Crippen LogP contribution in [0.3, 0.4) is 0 Å². The van der Waals surface area contributed by atoms with Crippen molar-refractivity contribution in [1.29, 1.82) is 0 Å². The molecule has 1 rings (SSSR count). The first-order valence-corrected chi connectivity index (χ1v) is 5.45. The molecule has 0 bridgehead atoms. The summed E-state index contributed by atoms with van der Waals surface area (Å²) >= 11 is 3.38. The van der Waals surface area contributed by atoms with Crippen LogP contribution in [-0.2, 0) is 4.79 Å². The van der Waals surface area contributed by atoms with E-state index in [9.17, 15) is 4.79 Å². The largest absolute Gasteiger partial charge is 0.350 e. The van der Waals surface area contributed by atoms with E-state index >= 15 is 0 Å². The van der Waals surface area contributed by atoms with E-state index in [4.69, 9.17) is 0 Å². The lowest BCUT2D eigenvalue weighted by Gasteiger charge is -2.16. The second-order valence-corrected chi connectivity index (χ2v) is 4.13. The van der Waals surface area contributed by atoms with Gasteiger partial charge in [0.25, 0.3) is 0 Å². The Balaban J connectivity index is 2.78. The molecule has 0 heterocycles. The minimum atomic E-state index is 0.0137. The summed E-state index contributed by atoms with van der Waals surface area (Å²) in [5, 5.41) is 2.91. The van der Waals surface area contributed by atoms with Crippen molar-refractivity contribution in [2.45, 2.75) is 26.3 Å². The normalized spacial score (nSPS) is 12.2. The molecular formula is C11H14BrNO. The topological polar surface area (TPSA) is 29.1 Å². The summed E-state index contributed by atoms with van der Waals surface area (Å²) in [6.07, 6.45) is 0.904. The van der Waals surface area contributed by atoms with Gasteiger partial charge < -0.3 is 5.32 Å². The predicted molar refractivity (Wildman–Crippen MR) is 61.0 cm³/mol. The minimum Gasteiger partial charge on any atom is -0.350 e. The number of rotatable bonds is 3. The van der Waals surface area contributed by atoms with Crippen LogP contribution < -0.4 is 5.32 Å². The molecule has 14 heavy (non-hydrogen) atoms. The molecule has 1 N–H and O–H groups in total. The fourth-order valence-electron chi connectivity index (χ4n) is 1.36. The lowest BCUT2D eigenvalue weighted by molar-refractivity contribution is -0.119. The Morgan fingerprint density at radius 1 is 1.43 bits per heavy atom. The Morgan fingerprint density at radius 3 is 2.43 bits per heavy atom. The lowest BCUT2D eigenvalue weighted by atomic mass is 10.0. The van der Waals surface area contributed by atoms with Crippen LogP contribution in [0.2, 0.25) is 0 Å². The van der Waals surface area contributed by atoms with Gasteiger partial charge in [0.15, 0.2) is 0 Å². The standard InChI is InChI=1S/C11H14BrNO/c1-3-11(13-8(2)14)9-4-6-10(12)7-5-9/h4-7,11H,3H2,1-2H3,(H,13,14). The van der Waals surface area contributed by atoms with E-state index < -0.39 is 0 Å². The number of carbonyl (C=O) groups excluding carboxylic acids is 1. The van der Waals surface area contributed by atoms with Crippen molar-refractivity contribution in [3.05, 3.63) is 34.3 Å². The van der Waals surface area contributed by atoms with E-state index in [1.807, 2.05) is 24.3 Å². The minimum absolute atomic E-state index is 0.0137. The quantitative estimate of drug-likeness (QED) is 0.884. The van der Waals surface area contributed by atoms with Crippen LogP contribution in [-0.4, -0.2) is 5.91 Å². The highest BCUT2D eigenvalue weighted by Gasteiger charge is 2.09. The maximum Gasteiger partial charge on any atom is 0.217 e. The van der Waals surface area contributed by atoms with Gasteiger partial charge in [-0.1, -0.05) is 35.0 Å². The molecule has 3 heteroatoms. The molecular weight excluding hydrogens is 242 g/mol. The van der Waals surface area contributed by atoms with Crippen molar-refractivity contribution < 1.29 is 4.79 Å². The third kappa shape index (κ3) is 3.14. The Kier molecular flexibility index (Phi) is 4.14. The molecule has 0 aliphatic rings. The van der Waals surface area contributed by atoms with Gasteiger partial charge >= 0.3 is 0 Å². The van der Waals surface area contributed by atoms with Crippen LogP contribution in [0.25, 0.3) is 0 Å². The van der Waals surface area contributed by atoms with E-state index in [0.29, 0.717) is 0 Å². The molecule has 0 spiro atoms. The van der Waals surface area contributed by atoms with Crippen LogP contribution in [0, 0.1) is 0 Å². The Bertz CT molecular complexity index is 308. The summed E-state index contributed by atoms with van der Waals surface area (Å²) < 4.78 is 1.05. The van der Waals surface area contributed by atoms with Gasteiger partial charge in [0.2, 0.25) is 5.91 Å². The average Bonchev–Trinajstić information content (AvgIpc) is 2.15. The van der Waals surface area contributed by atoms with Crippen LogP contribution >= 0.6 is 15.9 Å². The molecule has 0 radical (unpaired) electrons. The molecule has 76 valence electrons. The van der Waals surface area contributed by atoms with Crippen molar-refractivity contribution >= 4 is 21.8 Å². The van der Waals surface area contributed by atoms with Gasteiger partial charge in [-0.05, 0) is 24.1 Å². The second-order valence-electron chi connectivity index (χ2n) is 3.21. The molecule has 1 aromatic carbocycles. The summed E-state index contributed by atoms with van der Waals surface area (Å²) in [7, 11) is 0. The number of carbonyl (C=O) groups is 1. The highest BCUT2D eigenvalue weighted by atomic mass is 79.9. The van der Waals surface area contributed by atoms with E-state index in [1.54, 1.807) is 6.92 Å². The number of halogens is 1. The smallest absolute Gasteiger partial charge is 0.217 e. The zero-order chi connectivity index (χ0) is 10.6. The molecule has 0 fully saturated rings. The molecule has 1 amide bonds. The molecule has 1 unspecified atom stereocenters. The van der Waals surface area contributed by atoms with Crippen LogP contribution in [0.15, 0.2) is 28.7 Å². The zero-order valence-electron chi connectivity index (χ0n) is 8.38. The lowest BCUT2D eigenvalue weighted by Crippen LogP contribution is -2.25. The van der Waals surface area contributed by atoms with Crippen molar-refractivity contribution in [2.24, 2.45) is 0 Å². The summed E-state index contributed by atoms with van der Waals surface area (Å²) in [4.78, 5) is 10.9. The van der Waals surface area contributed by atoms with Crippen molar-refractivity contribution in [2.75, 3.05) is 0 Å². The number of hydrogen-bond acceptors (Lipinski definition) is 1. The van der Waals surface area contributed by atoms with E-state index in [1.165, 1.54) is 0 Å². The Labute approximate surface area is 92.8 Å². The van der Waals surface area contributed by atoms with E-state index in [-0.39, 0.29) is 11.9 Å². The van der Waals surface area contributed by atoms with Gasteiger partial charge in [-0.3, -0.25) is 4.79 Å². The predicted octanol–water partition coefficient (Wildman–Crippen LogP) is 3.04. The van der Waals surface area contributed by atoms with Gasteiger partial charge in [0, 0.05) is 11.4 Å². The molecule has 0 saturated heterocycles. The van der Waals surface area contributed by atoms with Gasteiger partial charge in [0.1, 0.15) is 0 Å². The highest BCUT2D eigenvalue weighted by Crippen LogP contribution is 2.19. The Morgan fingerprint density at radius 2 is 2.00 bits per heavy atom. The van der Waals surface area contributed by atoms with Crippen molar-refractivity contribution in [3.63, 3.8) is 0 Å². The first kappa shape index (κ1) is 11.2. The van der Waals surface area contributed by atoms with Crippen LogP contribution in [0.1, 0.15) is 31.9 Å². The maximum absolute atomic E-state index is 10.9. The SMILES string of the molecule is CCC(NC(C)=O)c1ccc(Br)cc1. The number of benzene rings is 1. The molecule has 0 aliphatic carbocycles. The summed E-state index contributed by atoms with van der Waals surface area (Å²) in [6, 6.07) is 8.14. The second kappa shape index (κ2) is 5.15. The fourth-order valence-corrected chi connectivity index (χ4v) is 1.63. The molecule has 0 aliphatic heterocycles. The monoisotopic (exact) mass is 255 g/mol. The molecule has 2 nitrogen and oxygen atoms in total. The zero-order valence-corrected chi connectivity index (χ0v) is 9.97. The Hall–Kier alpha value is -0.830. The maximum atomic E-state index is 10.9. The van der Waals surface area contributed by atoms with Crippen LogP contribution in [0.4, 0.5) is 0 Å². The number of amides is 1. The third-order valence-corrected chi connectivity index (χ3v) is 2.59. The van der Waals surface area contributed by atoms with Crippen LogP contribution in [0.5, 0.6) is 0 Å². The van der Waals surface area contributed by atoms with Crippen molar-refractivity contribution in [1.82, 2.24) is 5.32 Å². The molecule has 0 aromatic heterocycles. The van der Waals surface area contributed by atoms with Crippen molar-refractivity contribution in [3.8, 4) is 0 Å². The van der Waals surface area contributed by atoms with Gasteiger partial charge in [-0.25, -0.2) is 0 Å². The van der Waals surface area contributed by atoms with E-state index in [2.05, 4.69) is 28.2 Å². The first-order chi connectivity index (χ1) is 6.63.